The normalized spacial score (nSPS) is 42.6. The van der Waals surface area contributed by atoms with E-state index in [0.29, 0.717) is 0 Å². The van der Waals surface area contributed by atoms with E-state index in [0.717, 1.165) is 5.25 Å². The van der Waals surface area contributed by atoms with Gasteiger partial charge in [-0.15, -0.1) is 0 Å². The summed E-state index contributed by atoms with van der Waals surface area (Å²) in [6, 6.07) is 0. The van der Waals surface area contributed by atoms with Crippen LogP contribution in [0.3, 0.4) is 0 Å². The minimum Gasteiger partial charge on any atom is -0.281 e. The Labute approximate surface area is 60.9 Å². The predicted octanol–water partition coefficient (Wildman–Crippen LogP) is 2.20. The van der Waals surface area contributed by atoms with Gasteiger partial charge in [0.2, 0.25) is 0 Å². The van der Waals surface area contributed by atoms with Crippen molar-refractivity contribution in [3.8, 4) is 0 Å². The Kier molecular flexibility index (Phi) is 2.15. The molecule has 1 radical (unpaired) electrons. The molecule has 0 aromatic carbocycles. The van der Waals surface area contributed by atoms with Gasteiger partial charge in [-0.05, 0) is 23.6 Å². The van der Waals surface area contributed by atoms with E-state index >= 15 is 0 Å². The molecule has 0 aromatic heterocycles. The number of hydrogen-bond acceptors (Lipinski definition) is 0. The molecule has 53 valence electrons. The SMILES string of the molecule is CCCC(C)S1(C)[B]C1. The lowest BCUT2D eigenvalue weighted by atomic mass is 10.2. The zero-order valence-corrected chi connectivity index (χ0v) is 7.50. The Morgan fingerprint density at radius 1 is 1.67 bits per heavy atom. The second-order valence-electron chi connectivity index (χ2n) is 3.16. The minimum absolute atomic E-state index is 0.140. The van der Waals surface area contributed by atoms with Crippen molar-refractivity contribution in [3.63, 3.8) is 0 Å². The van der Waals surface area contributed by atoms with Crippen LogP contribution in [0.15, 0.2) is 0 Å². The largest absolute Gasteiger partial charge is 0.281 e. The van der Waals surface area contributed by atoms with Gasteiger partial charge in [0, 0.05) is 0 Å². The summed E-state index contributed by atoms with van der Waals surface area (Å²) in [5, 5.41) is 1.00. The van der Waals surface area contributed by atoms with Crippen LogP contribution in [-0.2, 0) is 0 Å². The van der Waals surface area contributed by atoms with E-state index < -0.39 is 0 Å². The maximum Gasteiger partial charge on any atom is 0.177 e. The first-order valence-corrected chi connectivity index (χ1v) is 6.11. The molecule has 9 heavy (non-hydrogen) atoms. The molecule has 0 aliphatic carbocycles. The first kappa shape index (κ1) is 7.52. The maximum absolute atomic E-state index is 2.52. The number of rotatable bonds is 3. The van der Waals surface area contributed by atoms with Gasteiger partial charge in [0.1, 0.15) is 0 Å². The molecule has 1 heterocycles. The zero-order valence-electron chi connectivity index (χ0n) is 6.68. The Morgan fingerprint density at radius 2 is 2.22 bits per heavy atom. The van der Waals surface area contributed by atoms with Crippen LogP contribution < -0.4 is 0 Å². The highest BCUT2D eigenvalue weighted by molar-refractivity contribution is 8.62. The van der Waals surface area contributed by atoms with Crippen molar-refractivity contribution < 1.29 is 0 Å². The first-order chi connectivity index (χ1) is 4.19. The summed E-state index contributed by atoms with van der Waals surface area (Å²) in [5.41, 5.74) is 1.44. The van der Waals surface area contributed by atoms with Crippen LogP contribution in [0.4, 0.5) is 0 Å². The van der Waals surface area contributed by atoms with Crippen molar-refractivity contribution in [1.29, 1.82) is 0 Å². The molecule has 1 aliphatic heterocycles. The average molecular weight is 143 g/mol. The van der Waals surface area contributed by atoms with Crippen molar-refractivity contribution >= 4 is 16.4 Å². The van der Waals surface area contributed by atoms with E-state index in [4.69, 9.17) is 0 Å². The molecule has 0 N–H and O–H groups in total. The van der Waals surface area contributed by atoms with E-state index in [9.17, 15) is 0 Å². The zero-order chi connectivity index (χ0) is 6.91. The fourth-order valence-electron chi connectivity index (χ4n) is 1.11. The van der Waals surface area contributed by atoms with E-state index in [1.807, 2.05) is 0 Å². The molecule has 1 fully saturated rings. The summed E-state index contributed by atoms with van der Waals surface area (Å²) < 4.78 is 0. The molecule has 0 bridgehead atoms. The third kappa shape index (κ3) is 1.67. The second-order valence-corrected chi connectivity index (χ2v) is 7.09. The molecule has 2 unspecified atom stereocenters. The molecule has 0 nitrogen and oxygen atoms in total. The lowest BCUT2D eigenvalue weighted by Gasteiger charge is -2.23. The Morgan fingerprint density at radius 3 is 2.56 bits per heavy atom. The number of hydrogen-bond donors (Lipinski definition) is 0. The van der Waals surface area contributed by atoms with Crippen molar-refractivity contribution in [2.75, 3.05) is 11.9 Å². The lowest BCUT2D eigenvalue weighted by Crippen LogP contribution is -2.02. The lowest BCUT2D eigenvalue weighted by molar-refractivity contribution is 0.785. The Bertz CT molecular complexity index is 99.1. The highest BCUT2D eigenvalue weighted by atomic mass is 32.3. The van der Waals surface area contributed by atoms with Crippen LogP contribution in [0.25, 0.3) is 0 Å². The smallest absolute Gasteiger partial charge is 0.177 e. The first-order valence-electron chi connectivity index (χ1n) is 3.77. The highest BCUT2D eigenvalue weighted by Gasteiger charge is 2.37. The molecule has 0 amide bonds. The monoisotopic (exact) mass is 143 g/mol. The molecule has 2 atom stereocenters. The maximum atomic E-state index is 2.52. The van der Waals surface area contributed by atoms with E-state index in [1.165, 1.54) is 18.5 Å². The van der Waals surface area contributed by atoms with Gasteiger partial charge in [-0.2, -0.15) is 0 Å². The second kappa shape index (κ2) is 2.57. The summed E-state index contributed by atoms with van der Waals surface area (Å²) >= 11 is 0. The van der Waals surface area contributed by atoms with Crippen molar-refractivity contribution in [2.45, 2.75) is 31.9 Å². The Balaban J connectivity index is 2.24. The molecular weight excluding hydrogens is 127 g/mol. The third-order valence-corrected chi connectivity index (χ3v) is 5.77. The third-order valence-electron chi connectivity index (χ3n) is 2.31. The fraction of sp³-hybridized carbons (Fsp3) is 1.00. The van der Waals surface area contributed by atoms with Crippen LogP contribution >= 0.6 is 9.88 Å². The van der Waals surface area contributed by atoms with Gasteiger partial charge in [0.25, 0.3) is 0 Å². The minimum atomic E-state index is -0.140. The summed E-state index contributed by atoms with van der Waals surface area (Å²) in [5.74, 6) is 0. The Hall–Kier alpha value is 0.415. The molecule has 1 rings (SSSR count). The van der Waals surface area contributed by atoms with Crippen molar-refractivity contribution in [3.05, 3.63) is 0 Å². The van der Waals surface area contributed by atoms with Gasteiger partial charge in [-0.1, -0.05) is 20.3 Å². The van der Waals surface area contributed by atoms with E-state index in [2.05, 4.69) is 26.7 Å². The molecule has 0 saturated carbocycles. The quantitative estimate of drug-likeness (QED) is 0.419. The summed E-state index contributed by atoms with van der Waals surface area (Å²) in [4.78, 5) is 0. The molecular formula is C7H16BS. The van der Waals surface area contributed by atoms with Crippen LogP contribution in [-0.4, -0.2) is 23.7 Å². The van der Waals surface area contributed by atoms with Gasteiger partial charge < -0.3 is 0 Å². The fourth-order valence-corrected chi connectivity index (χ4v) is 3.40. The molecule has 0 spiro atoms. The van der Waals surface area contributed by atoms with Gasteiger partial charge in [-0.25, -0.2) is 0 Å². The van der Waals surface area contributed by atoms with Crippen LogP contribution in [0, 0.1) is 0 Å². The molecule has 1 aliphatic rings. The predicted molar refractivity (Wildman–Crippen MR) is 48.5 cm³/mol. The van der Waals surface area contributed by atoms with Gasteiger partial charge >= 0.3 is 0 Å². The summed E-state index contributed by atoms with van der Waals surface area (Å²) in [6.45, 7) is 7.21. The average Bonchev–Trinajstić information content (AvgIpc) is 2.50. The van der Waals surface area contributed by atoms with Gasteiger partial charge in [0.15, 0.2) is 6.56 Å². The summed E-state index contributed by atoms with van der Waals surface area (Å²) in [6.07, 6.45) is 5.24. The van der Waals surface area contributed by atoms with Crippen LogP contribution in [0.5, 0.6) is 0 Å². The van der Waals surface area contributed by atoms with E-state index in [1.54, 1.807) is 0 Å². The van der Waals surface area contributed by atoms with Crippen LogP contribution in [0.1, 0.15) is 26.7 Å². The standard InChI is InChI=1S/C7H16BS/c1-4-5-7(2)9(3)6-8-9/h7H,4-6H2,1-3H3. The highest BCUT2D eigenvalue weighted by Crippen LogP contribution is 2.60. The van der Waals surface area contributed by atoms with Gasteiger partial charge in [-0.3, -0.25) is 9.88 Å². The van der Waals surface area contributed by atoms with Crippen LogP contribution in [0.2, 0.25) is 0 Å². The molecule has 2 heteroatoms. The summed E-state index contributed by atoms with van der Waals surface area (Å²) in [7, 11) is -0.140. The van der Waals surface area contributed by atoms with Crippen molar-refractivity contribution in [1.82, 2.24) is 0 Å². The molecule has 0 aromatic rings. The molecule has 1 saturated heterocycles. The van der Waals surface area contributed by atoms with Crippen molar-refractivity contribution in [2.24, 2.45) is 0 Å². The van der Waals surface area contributed by atoms with Gasteiger partial charge in [0.05, 0.1) is 0 Å². The van der Waals surface area contributed by atoms with E-state index in [-0.39, 0.29) is 9.88 Å². The topological polar surface area (TPSA) is 0 Å².